The van der Waals surface area contributed by atoms with Gasteiger partial charge in [-0.25, -0.2) is 0 Å². The molecule has 1 saturated heterocycles. The molecule has 0 amide bonds. The molecule has 1 unspecified atom stereocenters. The number of nitrogens with one attached hydrogen (secondary N) is 1. The van der Waals surface area contributed by atoms with Crippen LogP contribution in [0.2, 0.25) is 0 Å². The highest BCUT2D eigenvalue weighted by atomic mass is 79.9. The molecule has 2 nitrogen and oxygen atoms in total. The number of rotatable bonds is 4. The average Bonchev–Trinajstić information content (AvgIpc) is 2.58. The van der Waals surface area contributed by atoms with Gasteiger partial charge in [0.05, 0.1) is 6.04 Å². The minimum atomic E-state index is 0.339. The second-order valence-electron chi connectivity index (χ2n) is 6.56. The molecule has 3 rings (SSSR count). The molecule has 0 saturated carbocycles. The minimum absolute atomic E-state index is 0.339. The van der Waals surface area contributed by atoms with Gasteiger partial charge in [-0.3, -0.25) is 4.90 Å². The SMILES string of the molecule is CC(C)c1ccc(C(c2ccc(Br)cc2)N2CCNCC2)cc1. The van der Waals surface area contributed by atoms with Crippen molar-refractivity contribution < 1.29 is 0 Å². The van der Waals surface area contributed by atoms with Gasteiger partial charge in [0.15, 0.2) is 0 Å². The molecule has 2 aromatic carbocycles. The van der Waals surface area contributed by atoms with E-state index in [9.17, 15) is 0 Å². The van der Waals surface area contributed by atoms with Crippen LogP contribution in [0.1, 0.15) is 42.5 Å². The van der Waals surface area contributed by atoms with Crippen LogP contribution in [0.5, 0.6) is 0 Å². The van der Waals surface area contributed by atoms with E-state index in [2.05, 4.69) is 88.5 Å². The maximum Gasteiger partial charge on any atom is 0.0602 e. The summed E-state index contributed by atoms with van der Waals surface area (Å²) in [5, 5.41) is 3.46. The van der Waals surface area contributed by atoms with Gasteiger partial charge < -0.3 is 5.32 Å². The van der Waals surface area contributed by atoms with E-state index in [0.717, 1.165) is 30.7 Å². The van der Waals surface area contributed by atoms with Gasteiger partial charge in [-0.1, -0.05) is 66.2 Å². The monoisotopic (exact) mass is 372 g/mol. The standard InChI is InChI=1S/C20H25BrN2/c1-15(2)16-3-5-17(6-4-16)20(23-13-11-22-12-14-23)18-7-9-19(21)10-8-18/h3-10,15,20,22H,11-14H2,1-2H3. The van der Waals surface area contributed by atoms with Gasteiger partial charge in [-0.15, -0.1) is 0 Å². The van der Waals surface area contributed by atoms with Crippen molar-refractivity contribution in [3.8, 4) is 0 Å². The summed E-state index contributed by atoms with van der Waals surface area (Å²) in [5.74, 6) is 0.578. The Balaban J connectivity index is 1.95. The van der Waals surface area contributed by atoms with Crippen LogP contribution < -0.4 is 5.32 Å². The Kier molecular flexibility index (Phi) is 5.52. The maximum absolute atomic E-state index is 3.55. The molecule has 23 heavy (non-hydrogen) atoms. The van der Waals surface area contributed by atoms with Crippen LogP contribution in [0.4, 0.5) is 0 Å². The second kappa shape index (κ2) is 7.61. The summed E-state index contributed by atoms with van der Waals surface area (Å²) in [6, 6.07) is 18.3. The van der Waals surface area contributed by atoms with E-state index in [1.165, 1.54) is 16.7 Å². The lowest BCUT2D eigenvalue weighted by molar-refractivity contribution is 0.198. The van der Waals surface area contributed by atoms with Gasteiger partial charge in [0.25, 0.3) is 0 Å². The molecule has 1 atom stereocenters. The molecule has 2 aromatic rings. The van der Waals surface area contributed by atoms with Crippen LogP contribution >= 0.6 is 15.9 Å². The fourth-order valence-electron chi connectivity index (χ4n) is 3.26. The first-order valence-corrected chi connectivity index (χ1v) is 9.24. The summed E-state index contributed by atoms with van der Waals surface area (Å²) in [4.78, 5) is 2.59. The van der Waals surface area contributed by atoms with E-state index in [1.54, 1.807) is 0 Å². The molecule has 0 aromatic heterocycles. The predicted octanol–water partition coefficient (Wildman–Crippen LogP) is 4.57. The van der Waals surface area contributed by atoms with E-state index in [0.29, 0.717) is 12.0 Å². The number of halogens is 1. The Morgan fingerprint density at radius 3 is 1.83 bits per heavy atom. The molecule has 0 bridgehead atoms. The summed E-state index contributed by atoms with van der Waals surface area (Å²) in [6.07, 6.45) is 0. The van der Waals surface area contributed by atoms with Crippen LogP contribution in [-0.2, 0) is 0 Å². The first-order chi connectivity index (χ1) is 11.1. The highest BCUT2D eigenvalue weighted by Gasteiger charge is 2.23. The summed E-state index contributed by atoms with van der Waals surface area (Å²) < 4.78 is 1.13. The third kappa shape index (κ3) is 4.03. The minimum Gasteiger partial charge on any atom is -0.314 e. The maximum atomic E-state index is 3.55. The molecule has 1 aliphatic heterocycles. The third-order valence-corrected chi connectivity index (χ3v) is 5.15. The first-order valence-electron chi connectivity index (χ1n) is 8.45. The quantitative estimate of drug-likeness (QED) is 0.845. The zero-order chi connectivity index (χ0) is 16.2. The molecule has 3 heteroatoms. The second-order valence-corrected chi connectivity index (χ2v) is 7.48. The van der Waals surface area contributed by atoms with Gasteiger partial charge in [0.1, 0.15) is 0 Å². The fourth-order valence-corrected chi connectivity index (χ4v) is 3.53. The lowest BCUT2D eigenvalue weighted by Gasteiger charge is -2.35. The molecular weight excluding hydrogens is 348 g/mol. The zero-order valence-corrected chi connectivity index (χ0v) is 15.5. The van der Waals surface area contributed by atoms with Crippen molar-refractivity contribution in [1.29, 1.82) is 0 Å². The zero-order valence-electron chi connectivity index (χ0n) is 13.9. The van der Waals surface area contributed by atoms with Crippen LogP contribution in [0.25, 0.3) is 0 Å². The summed E-state index contributed by atoms with van der Waals surface area (Å²) in [7, 11) is 0. The van der Waals surface area contributed by atoms with Crippen molar-refractivity contribution in [2.45, 2.75) is 25.8 Å². The lowest BCUT2D eigenvalue weighted by atomic mass is 9.94. The van der Waals surface area contributed by atoms with Gasteiger partial charge in [-0.2, -0.15) is 0 Å². The summed E-state index contributed by atoms with van der Waals surface area (Å²) in [5.41, 5.74) is 4.16. The smallest absolute Gasteiger partial charge is 0.0602 e. The van der Waals surface area contributed by atoms with E-state index in [-0.39, 0.29) is 0 Å². The Labute approximate surface area is 148 Å². The van der Waals surface area contributed by atoms with E-state index >= 15 is 0 Å². The molecule has 0 radical (unpaired) electrons. The molecule has 1 N–H and O–H groups in total. The fraction of sp³-hybridized carbons (Fsp3) is 0.400. The number of hydrogen-bond donors (Lipinski definition) is 1. The molecule has 1 fully saturated rings. The lowest BCUT2D eigenvalue weighted by Crippen LogP contribution is -2.45. The number of hydrogen-bond acceptors (Lipinski definition) is 2. The van der Waals surface area contributed by atoms with Crippen molar-refractivity contribution in [2.24, 2.45) is 0 Å². The Morgan fingerprint density at radius 1 is 0.826 bits per heavy atom. The van der Waals surface area contributed by atoms with Gasteiger partial charge in [0, 0.05) is 30.7 Å². The highest BCUT2D eigenvalue weighted by molar-refractivity contribution is 9.10. The molecule has 1 heterocycles. The van der Waals surface area contributed by atoms with Crippen LogP contribution in [-0.4, -0.2) is 31.1 Å². The Bertz CT molecular complexity index is 613. The first kappa shape index (κ1) is 16.7. The average molecular weight is 373 g/mol. The van der Waals surface area contributed by atoms with Gasteiger partial charge in [-0.05, 0) is 34.7 Å². The molecule has 0 aliphatic carbocycles. The van der Waals surface area contributed by atoms with Gasteiger partial charge in [0.2, 0.25) is 0 Å². The third-order valence-electron chi connectivity index (χ3n) is 4.62. The van der Waals surface area contributed by atoms with Crippen molar-refractivity contribution in [3.05, 3.63) is 69.7 Å². The summed E-state index contributed by atoms with van der Waals surface area (Å²) >= 11 is 3.55. The Hall–Kier alpha value is -1.16. The highest BCUT2D eigenvalue weighted by Crippen LogP contribution is 2.30. The predicted molar refractivity (Wildman–Crippen MR) is 101 cm³/mol. The van der Waals surface area contributed by atoms with E-state index < -0.39 is 0 Å². The largest absolute Gasteiger partial charge is 0.314 e. The number of piperazine rings is 1. The van der Waals surface area contributed by atoms with Crippen molar-refractivity contribution >= 4 is 15.9 Å². The van der Waals surface area contributed by atoms with Crippen LogP contribution in [0.3, 0.4) is 0 Å². The van der Waals surface area contributed by atoms with Crippen molar-refractivity contribution in [2.75, 3.05) is 26.2 Å². The topological polar surface area (TPSA) is 15.3 Å². The number of nitrogens with zero attached hydrogens (tertiary/aromatic N) is 1. The van der Waals surface area contributed by atoms with E-state index in [4.69, 9.17) is 0 Å². The van der Waals surface area contributed by atoms with Crippen molar-refractivity contribution in [3.63, 3.8) is 0 Å². The molecular formula is C20H25BrN2. The normalized spacial score (nSPS) is 17.4. The Morgan fingerprint density at radius 2 is 1.30 bits per heavy atom. The van der Waals surface area contributed by atoms with Crippen LogP contribution in [0.15, 0.2) is 53.0 Å². The van der Waals surface area contributed by atoms with Gasteiger partial charge >= 0.3 is 0 Å². The molecule has 0 spiro atoms. The molecule has 1 aliphatic rings. The van der Waals surface area contributed by atoms with Crippen molar-refractivity contribution in [1.82, 2.24) is 10.2 Å². The number of benzene rings is 2. The van der Waals surface area contributed by atoms with E-state index in [1.807, 2.05) is 0 Å². The summed E-state index contributed by atoms with van der Waals surface area (Å²) in [6.45, 7) is 8.81. The molecule has 122 valence electrons. The van der Waals surface area contributed by atoms with Crippen LogP contribution in [0, 0.1) is 0 Å².